The predicted molar refractivity (Wildman–Crippen MR) is 177 cm³/mol. The molecule has 1 aromatic heterocycles. The number of nitrogens with zero attached hydrogens (tertiary/aromatic N) is 1. The first-order valence-corrected chi connectivity index (χ1v) is 14.3. The van der Waals surface area contributed by atoms with Crippen molar-refractivity contribution in [1.29, 1.82) is 0 Å². The van der Waals surface area contributed by atoms with Crippen LogP contribution in [0.5, 0.6) is 0 Å². The Balaban J connectivity index is 1.36. The molecule has 2 heteroatoms. The van der Waals surface area contributed by atoms with Crippen LogP contribution in [0.3, 0.4) is 0 Å². The highest BCUT2D eigenvalue weighted by molar-refractivity contribution is 6.19. The third kappa shape index (κ3) is 4.22. The Labute approximate surface area is 244 Å². The number of furan rings is 1. The van der Waals surface area contributed by atoms with Crippen LogP contribution < -0.4 is 4.90 Å². The molecule has 0 spiro atoms. The standard InChI is InChI=1S/C40H27NO/c1-3-11-28(12-4-1)31-15-9-17-33(25-31)41(34-18-10-16-32(26-34)29-13-5-2-6-14-29)35-23-21-30-22-24-39-40(37(30)27-35)36-19-7-8-20-38(36)42-39/h1-27H. The summed E-state index contributed by atoms with van der Waals surface area (Å²) in [6.45, 7) is 0. The third-order valence-electron chi connectivity index (χ3n) is 8.02. The molecule has 198 valence electrons. The Kier molecular flexibility index (Phi) is 5.82. The van der Waals surface area contributed by atoms with Gasteiger partial charge >= 0.3 is 0 Å². The number of hydrogen-bond donors (Lipinski definition) is 0. The molecule has 0 fully saturated rings. The van der Waals surface area contributed by atoms with E-state index in [4.69, 9.17) is 4.42 Å². The van der Waals surface area contributed by atoms with Gasteiger partial charge in [0.25, 0.3) is 0 Å². The van der Waals surface area contributed by atoms with Crippen molar-refractivity contribution in [2.24, 2.45) is 0 Å². The zero-order chi connectivity index (χ0) is 27.9. The molecule has 0 unspecified atom stereocenters. The lowest BCUT2D eigenvalue weighted by atomic mass is 10.0. The molecule has 0 aliphatic rings. The molecule has 7 aromatic carbocycles. The quantitative estimate of drug-likeness (QED) is 0.217. The second-order valence-electron chi connectivity index (χ2n) is 10.6. The summed E-state index contributed by atoms with van der Waals surface area (Å²) < 4.78 is 6.25. The molecule has 0 bridgehead atoms. The maximum atomic E-state index is 6.25. The molecule has 0 saturated heterocycles. The second-order valence-corrected chi connectivity index (χ2v) is 10.6. The van der Waals surface area contributed by atoms with Crippen molar-refractivity contribution in [1.82, 2.24) is 0 Å². The van der Waals surface area contributed by atoms with E-state index in [2.05, 4.69) is 157 Å². The van der Waals surface area contributed by atoms with Gasteiger partial charge in [-0.25, -0.2) is 0 Å². The van der Waals surface area contributed by atoms with Gasteiger partial charge in [0, 0.05) is 27.8 Å². The van der Waals surface area contributed by atoms with Crippen LogP contribution in [0.15, 0.2) is 168 Å². The number of hydrogen-bond acceptors (Lipinski definition) is 2. The summed E-state index contributed by atoms with van der Waals surface area (Å²) >= 11 is 0. The van der Waals surface area contributed by atoms with Crippen molar-refractivity contribution in [2.45, 2.75) is 0 Å². The summed E-state index contributed by atoms with van der Waals surface area (Å²) in [5, 5.41) is 4.66. The van der Waals surface area contributed by atoms with E-state index >= 15 is 0 Å². The van der Waals surface area contributed by atoms with E-state index in [0.29, 0.717) is 0 Å². The lowest BCUT2D eigenvalue weighted by Crippen LogP contribution is -2.10. The Morgan fingerprint density at radius 1 is 0.357 bits per heavy atom. The molecular formula is C40H27NO. The van der Waals surface area contributed by atoms with E-state index in [1.54, 1.807) is 0 Å². The van der Waals surface area contributed by atoms with Crippen LogP contribution in [0.25, 0.3) is 55.0 Å². The van der Waals surface area contributed by atoms with Gasteiger partial charge in [-0.05, 0) is 81.6 Å². The smallest absolute Gasteiger partial charge is 0.136 e. The first-order valence-electron chi connectivity index (χ1n) is 14.3. The number of fused-ring (bicyclic) bond motifs is 5. The Morgan fingerprint density at radius 3 is 1.57 bits per heavy atom. The maximum Gasteiger partial charge on any atom is 0.136 e. The number of anilines is 3. The van der Waals surface area contributed by atoms with Crippen LogP contribution in [0.4, 0.5) is 17.1 Å². The Bertz CT molecular complexity index is 2110. The summed E-state index contributed by atoms with van der Waals surface area (Å²) in [5.41, 5.74) is 9.87. The van der Waals surface area contributed by atoms with Crippen molar-refractivity contribution in [3.63, 3.8) is 0 Å². The monoisotopic (exact) mass is 537 g/mol. The van der Waals surface area contributed by atoms with E-state index in [0.717, 1.165) is 39.0 Å². The van der Waals surface area contributed by atoms with Crippen LogP contribution in [0.1, 0.15) is 0 Å². The molecule has 8 rings (SSSR count). The zero-order valence-corrected chi connectivity index (χ0v) is 22.9. The molecule has 0 aliphatic carbocycles. The molecule has 2 nitrogen and oxygen atoms in total. The fourth-order valence-corrected chi connectivity index (χ4v) is 6.03. The van der Waals surface area contributed by atoms with Crippen molar-refractivity contribution in [3.8, 4) is 22.3 Å². The highest BCUT2D eigenvalue weighted by Crippen LogP contribution is 2.41. The molecule has 42 heavy (non-hydrogen) atoms. The van der Waals surface area contributed by atoms with Gasteiger partial charge in [-0.1, -0.05) is 115 Å². The van der Waals surface area contributed by atoms with Gasteiger partial charge in [0.15, 0.2) is 0 Å². The molecule has 8 aromatic rings. The van der Waals surface area contributed by atoms with E-state index < -0.39 is 0 Å². The number of para-hydroxylation sites is 1. The van der Waals surface area contributed by atoms with E-state index in [1.807, 2.05) is 12.1 Å². The van der Waals surface area contributed by atoms with Gasteiger partial charge in [-0.3, -0.25) is 0 Å². The lowest BCUT2D eigenvalue weighted by Gasteiger charge is -2.27. The second kappa shape index (κ2) is 10.1. The lowest BCUT2D eigenvalue weighted by molar-refractivity contribution is 0.669. The van der Waals surface area contributed by atoms with Crippen molar-refractivity contribution < 1.29 is 4.42 Å². The molecule has 0 aliphatic heterocycles. The van der Waals surface area contributed by atoms with E-state index in [1.165, 1.54) is 33.0 Å². The molecule has 0 atom stereocenters. The minimum atomic E-state index is 0.907. The van der Waals surface area contributed by atoms with Gasteiger partial charge in [0.1, 0.15) is 11.2 Å². The van der Waals surface area contributed by atoms with E-state index in [-0.39, 0.29) is 0 Å². The van der Waals surface area contributed by atoms with Gasteiger partial charge in [0.05, 0.1) is 0 Å². The van der Waals surface area contributed by atoms with Gasteiger partial charge in [-0.15, -0.1) is 0 Å². The Hall–Kier alpha value is -5.60. The third-order valence-corrected chi connectivity index (χ3v) is 8.02. The van der Waals surface area contributed by atoms with Crippen LogP contribution in [0.2, 0.25) is 0 Å². The van der Waals surface area contributed by atoms with Crippen molar-refractivity contribution in [3.05, 3.63) is 164 Å². The molecule has 0 saturated carbocycles. The summed E-state index contributed by atoms with van der Waals surface area (Å²) in [6.07, 6.45) is 0. The summed E-state index contributed by atoms with van der Waals surface area (Å²) in [7, 11) is 0. The van der Waals surface area contributed by atoms with Crippen molar-refractivity contribution in [2.75, 3.05) is 4.90 Å². The fraction of sp³-hybridized carbons (Fsp3) is 0. The van der Waals surface area contributed by atoms with Gasteiger partial charge < -0.3 is 9.32 Å². The highest BCUT2D eigenvalue weighted by Gasteiger charge is 2.17. The number of benzene rings is 7. The molecular weight excluding hydrogens is 510 g/mol. The molecule has 0 radical (unpaired) electrons. The summed E-state index contributed by atoms with van der Waals surface area (Å²) in [6, 6.07) is 58.0. The SMILES string of the molecule is c1ccc(-c2cccc(N(c3cccc(-c4ccccc4)c3)c3ccc4ccc5oc6ccccc6c5c4c3)c2)cc1. The first kappa shape index (κ1) is 24.2. The highest BCUT2D eigenvalue weighted by atomic mass is 16.3. The van der Waals surface area contributed by atoms with E-state index in [9.17, 15) is 0 Å². The summed E-state index contributed by atoms with van der Waals surface area (Å²) in [5.74, 6) is 0. The first-order chi connectivity index (χ1) is 20.8. The van der Waals surface area contributed by atoms with Crippen LogP contribution in [0, 0.1) is 0 Å². The number of rotatable bonds is 5. The van der Waals surface area contributed by atoms with Crippen LogP contribution in [-0.4, -0.2) is 0 Å². The summed E-state index contributed by atoms with van der Waals surface area (Å²) in [4.78, 5) is 2.36. The largest absolute Gasteiger partial charge is 0.456 e. The topological polar surface area (TPSA) is 16.4 Å². The normalized spacial score (nSPS) is 11.3. The Morgan fingerprint density at radius 2 is 0.905 bits per heavy atom. The van der Waals surface area contributed by atoms with Crippen LogP contribution in [-0.2, 0) is 0 Å². The minimum absolute atomic E-state index is 0.907. The molecule has 0 amide bonds. The average molecular weight is 538 g/mol. The molecule has 0 N–H and O–H groups in total. The van der Waals surface area contributed by atoms with Gasteiger partial charge in [-0.2, -0.15) is 0 Å². The zero-order valence-electron chi connectivity index (χ0n) is 22.9. The maximum absolute atomic E-state index is 6.25. The molecule has 1 heterocycles. The fourth-order valence-electron chi connectivity index (χ4n) is 6.03. The average Bonchev–Trinajstić information content (AvgIpc) is 3.45. The van der Waals surface area contributed by atoms with Crippen molar-refractivity contribution >= 4 is 49.8 Å². The van der Waals surface area contributed by atoms with Gasteiger partial charge in [0.2, 0.25) is 0 Å². The predicted octanol–water partition coefficient (Wildman–Crippen LogP) is 11.5. The van der Waals surface area contributed by atoms with Crippen LogP contribution >= 0.6 is 0 Å². The minimum Gasteiger partial charge on any atom is -0.456 e.